The molecule has 4 nitrogen and oxygen atoms in total. The van der Waals surface area contributed by atoms with Gasteiger partial charge < -0.3 is 10.1 Å². The Balaban J connectivity index is 2.56. The average molecular weight is 265 g/mol. The first-order valence-electron chi connectivity index (χ1n) is 7.53. The summed E-state index contributed by atoms with van der Waals surface area (Å²) in [4.78, 5) is 8.57. The number of ether oxygens (including phenoxy) is 1. The number of nitrogens with one attached hydrogen (secondary N) is 1. The lowest BCUT2D eigenvalue weighted by atomic mass is 10.2. The van der Waals surface area contributed by atoms with E-state index in [1.54, 1.807) is 6.33 Å². The maximum atomic E-state index is 5.80. The lowest BCUT2D eigenvalue weighted by Crippen LogP contribution is -2.09. The van der Waals surface area contributed by atoms with Crippen LogP contribution in [0, 0.1) is 0 Å². The summed E-state index contributed by atoms with van der Waals surface area (Å²) in [6.07, 6.45) is 8.40. The second-order valence-corrected chi connectivity index (χ2v) is 4.70. The fraction of sp³-hybridized carbons (Fsp3) is 0.733. The van der Waals surface area contributed by atoms with E-state index in [9.17, 15) is 0 Å². The molecule has 0 atom stereocenters. The molecule has 1 aromatic heterocycles. The van der Waals surface area contributed by atoms with Crippen LogP contribution in [0.1, 0.15) is 58.4 Å². The molecule has 0 bridgehead atoms. The highest BCUT2D eigenvalue weighted by Crippen LogP contribution is 2.22. The van der Waals surface area contributed by atoms with Crippen molar-refractivity contribution in [3.05, 3.63) is 11.9 Å². The first-order valence-corrected chi connectivity index (χ1v) is 7.53. The minimum atomic E-state index is 0.743. The molecule has 1 rings (SSSR count). The molecule has 1 heterocycles. The minimum Gasteiger partial charge on any atom is -0.477 e. The molecule has 0 fully saturated rings. The summed E-state index contributed by atoms with van der Waals surface area (Å²) in [6, 6.07) is 0. The molecule has 4 heteroatoms. The molecule has 0 aliphatic rings. The maximum absolute atomic E-state index is 5.80. The Morgan fingerprint density at radius 3 is 2.58 bits per heavy atom. The van der Waals surface area contributed by atoms with E-state index in [1.807, 2.05) is 0 Å². The summed E-state index contributed by atoms with van der Waals surface area (Å²) in [6.45, 7) is 8.15. The second kappa shape index (κ2) is 9.59. The van der Waals surface area contributed by atoms with Gasteiger partial charge in [0.2, 0.25) is 5.88 Å². The molecule has 0 aromatic carbocycles. The minimum absolute atomic E-state index is 0.743. The van der Waals surface area contributed by atoms with Crippen molar-refractivity contribution in [3.8, 4) is 5.88 Å². The monoisotopic (exact) mass is 265 g/mol. The van der Waals surface area contributed by atoms with Crippen molar-refractivity contribution in [2.45, 2.75) is 59.3 Å². The van der Waals surface area contributed by atoms with Gasteiger partial charge in [0.1, 0.15) is 12.1 Å². The number of rotatable bonds is 10. The summed E-state index contributed by atoms with van der Waals surface area (Å²) in [7, 11) is 0. The summed E-state index contributed by atoms with van der Waals surface area (Å²) in [5.41, 5.74) is 1.09. The maximum Gasteiger partial charge on any atom is 0.221 e. The van der Waals surface area contributed by atoms with Crippen LogP contribution < -0.4 is 10.1 Å². The lowest BCUT2D eigenvalue weighted by molar-refractivity contribution is 0.290. The molecular formula is C15H27N3O. The van der Waals surface area contributed by atoms with E-state index in [2.05, 4.69) is 36.1 Å². The molecule has 1 N–H and O–H groups in total. The number of nitrogens with zero attached hydrogens (tertiary/aromatic N) is 2. The van der Waals surface area contributed by atoms with Crippen LogP contribution in [0.3, 0.4) is 0 Å². The standard InChI is InChI=1S/C15H27N3O/c1-4-7-8-9-11-19-15-13(6-3)14(16-10-5-2)17-12-18-15/h12H,4-11H2,1-3H3,(H,16,17,18). The highest BCUT2D eigenvalue weighted by Gasteiger charge is 2.10. The third-order valence-electron chi connectivity index (χ3n) is 3.04. The molecule has 0 saturated heterocycles. The van der Waals surface area contributed by atoms with Crippen LogP contribution in [0.2, 0.25) is 0 Å². The van der Waals surface area contributed by atoms with Gasteiger partial charge in [-0.1, -0.05) is 40.0 Å². The molecule has 19 heavy (non-hydrogen) atoms. The van der Waals surface area contributed by atoms with E-state index >= 15 is 0 Å². The third kappa shape index (κ3) is 5.45. The van der Waals surface area contributed by atoms with E-state index in [1.165, 1.54) is 19.3 Å². The van der Waals surface area contributed by atoms with Crippen LogP contribution >= 0.6 is 0 Å². The van der Waals surface area contributed by atoms with E-state index in [-0.39, 0.29) is 0 Å². The molecule has 0 spiro atoms. The molecule has 0 unspecified atom stereocenters. The summed E-state index contributed by atoms with van der Waals surface area (Å²) >= 11 is 0. The number of hydrogen-bond donors (Lipinski definition) is 1. The van der Waals surface area contributed by atoms with Gasteiger partial charge in [0.25, 0.3) is 0 Å². The van der Waals surface area contributed by atoms with Gasteiger partial charge in [-0.2, -0.15) is 0 Å². The smallest absolute Gasteiger partial charge is 0.221 e. The first-order chi connectivity index (χ1) is 9.33. The second-order valence-electron chi connectivity index (χ2n) is 4.70. The van der Waals surface area contributed by atoms with Crippen molar-refractivity contribution in [3.63, 3.8) is 0 Å². The summed E-state index contributed by atoms with van der Waals surface area (Å²) < 4.78 is 5.80. The van der Waals surface area contributed by atoms with Crippen molar-refractivity contribution in [2.75, 3.05) is 18.5 Å². The lowest BCUT2D eigenvalue weighted by Gasteiger charge is -2.13. The van der Waals surface area contributed by atoms with Gasteiger partial charge in [0.05, 0.1) is 12.2 Å². The van der Waals surface area contributed by atoms with Crippen LogP contribution in [0.15, 0.2) is 6.33 Å². The quantitative estimate of drug-likeness (QED) is 0.653. The Labute approximate surface area is 117 Å². The predicted molar refractivity (Wildman–Crippen MR) is 79.8 cm³/mol. The Bertz CT molecular complexity index is 355. The van der Waals surface area contributed by atoms with Gasteiger partial charge in [0.15, 0.2) is 0 Å². The van der Waals surface area contributed by atoms with Crippen LogP contribution in [-0.4, -0.2) is 23.1 Å². The molecule has 0 radical (unpaired) electrons. The van der Waals surface area contributed by atoms with Gasteiger partial charge in [-0.05, 0) is 19.3 Å². The zero-order valence-electron chi connectivity index (χ0n) is 12.5. The zero-order chi connectivity index (χ0) is 13.9. The van der Waals surface area contributed by atoms with Crippen LogP contribution in [0.4, 0.5) is 5.82 Å². The van der Waals surface area contributed by atoms with Gasteiger partial charge in [-0.15, -0.1) is 0 Å². The third-order valence-corrected chi connectivity index (χ3v) is 3.04. The SMILES string of the molecule is CCCCCCOc1ncnc(NCCC)c1CC. The highest BCUT2D eigenvalue weighted by atomic mass is 16.5. The number of unbranched alkanes of at least 4 members (excludes halogenated alkanes) is 3. The number of anilines is 1. The fourth-order valence-electron chi connectivity index (χ4n) is 1.93. The van der Waals surface area contributed by atoms with E-state index in [0.717, 1.165) is 49.7 Å². The van der Waals surface area contributed by atoms with E-state index in [4.69, 9.17) is 4.74 Å². The number of hydrogen-bond acceptors (Lipinski definition) is 4. The van der Waals surface area contributed by atoms with Crippen LogP contribution in [0.5, 0.6) is 5.88 Å². The average Bonchev–Trinajstić information content (AvgIpc) is 2.44. The Hall–Kier alpha value is -1.32. The van der Waals surface area contributed by atoms with Gasteiger partial charge in [-0.25, -0.2) is 9.97 Å². The Morgan fingerprint density at radius 1 is 1.05 bits per heavy atom. The molecule has 0 saturated carbocycles. The topological polar surface area (TPSA) is 47.0 Å². The van der Waals surface area contributed by atoms with Crippen LogP contribution in [-0.2, 0) is 6.42 Å². The molecule has 0 amide bonds. The molecule has 0 aliphatic heterocycles. The molecule has 1 aromatic rings. The van der Waals surface area contributed by atoms with Crippen LogP contribution in [0.25, 0.3) is 0 Å². The molecule has 108 valence electrons. The van der Waals surface area contributed by atoms with E-state index in [0.29, 0.717) is 0 Å². The van der Waals surface area contributed by atoms with Gasteiger partial charge in [-0.3, -0.25) is 0 Å². The Kier molecular flexibility index (Phi) is 7.94. The molecule has 0 aliphatic carbocycles. The van der Waals surface area contributed by atoms with Gasteiger partial charge in [0, 0.05) is 6.54 Å². The van der Waals surface area contributed by atoms with E-state index < -0.39 is 0 Å². The summed E-state index contributed by atoms with van der Waals surface area (Å²) in [5, 5.41) is 3.33. The van der Waals surface area contributed by atoms with Crippen molar-refractivity contribution in [2.24, 2.45) is 0 Å². The van der Waals surface area contributed by atoms with Crippen molar-refractivity contribution in [1.29, 1.82) is 0 Å². The highest BCUT2D eigenvalue weighted by molar-refractivity contribution is 5.48. The largest absolute Gasteiger partial charge is 0.477 e. The predicted octanol–water partition coefficient (Wildman–Crippen LogP) is 3.82. The fourth-order valence-corrected chi connectivity index (χ4v) is 1.93. The van der Waals surface area contributed by atoms with Crippen molar-refractivity contribution >= 4 is 5.82 Å². The zero-order valence-corrected chi connectivity index (χ0v) is 12.5. The van der Waals surface area contributed by atoms with Crippen molar-refractivity contribution in [1.82, 2.24) is 9.97 Å². The summed E-state index contributed by atoms with van der Waals surface area (Å²) in [5.74, 6) is 1.66. The Morgan fingerprint density at radius 2 is 1.89 bits per heavy atom. The van der Waals surface area contributed by atoms with Crippen molar-refractivity contribution < 1.29 is 4.74 Å². The van der Waals surface area contributed by atoms with Gasteiger partial charge >= 0.3 is 0 Å². The number of aromatic nitrogens is 2. The molecular weight excluding hydrogens is 238 g/mol. The first kappa shape index (κ1) is 15.7. The normalized spacial score (nSPS) is 10.5.